The zero-order valence-electron chi connectivity index (χ0n) is 3.35. The summed E-state index contributed by atoms with van der Waals surface area (Å²) >= 11 is 6.44. The minimum absolute atomic E-state index is 0.0540. The molecule has 0 aliphatic carbocycles. The fourth-order valence-electron chi connectivity index (χ4n) is 0.280. The molecule has 0 atom stereocenters. The van der Waals surface area contributed by atoms with Crippen molar-refractivity contribution in [3.05, 3.63) is 16.5 Å². The Hall–Kier alpha value is -0.210. The number of thiophene rings is 1. The average molecular weight is 134 g/mol. The molecule has 1 nitrogen and oxygen atoms in total. The number of hydrogen-bond acceptors (Lipinski definition) is 1. The van der Waals surface area contributed by atoms with Crippen molar-refractivity contribution in [2.24, 2.45) is 0 Å². The third-order valence-electron chi connectivity index (χ3n) is 0.584. The SMILES string of the molecule is [O]c1sccc1Cl. The quantitative estimate of drug-likeness (QED) is 0.519. The summed E-state index contributed by atoms with van der Waals surface area (Å²) in [6.07, 6.45) is 0. The van der Waals surface area contributed by atoms with Gasteiger partial charge in [-0.2, -0.15) is 0 Å². The number of rotatable bonds is 0. The molecular formula is C4H2ClOS. The van der Waals surface area contributed by atoms with Crippen LogP contribution in [-0.4, -0.2) is 0 Å². The third-order valence-corrected chi connectivity index (χ3v) is 1.70. The van der Waals surface area contributed by atoms with Gasteiger partial charge in [-0.3, -0.25) is 5.11 Å². The first-order valence-corrected chi connectivity index (χ1v) is 2.96. The third kappa shape index (κ3) is 0.868. The molecule has 7 heavy (non-hydrogen) atoms. The van der Waals surface area contributed by atoms with Gasteiger partial charge in [-0.15, -0.1) is 11.3 Å². The first-order chi connectivity index (χ1) is 3.30. The van der Waals surface area contributed by atoms with E-state index in [0.717, 1.165) is 11.3 Å². The second-order valence-corrected chi connectivity index (χ2v) is 2.34. The van der Waals surface area contributed by atoms with Crippen LogP contribution in [0.4, 0.5) is 0 Å². The van der Waals surface area contributed by atoms with Crippen molar-refractivity contribution in [3.63, 3.8) is 0 Å². The lowest BCUT2D eigenvalue weighted by molar-refractivity contribution is 0.368. The molecule has 37 valence electrons. The maximum Gasteiger partial charge on any atom is 0.250 e. The molecule has 1 rings (SSSR count). The van der Waals surface area contributed by atoms with Gasteiger partial charge in [-0.25, -0.2) is 0 Å². The van der Waals surface area contributed by atoms with E-state index < -0.39 is 0 Å². The first kappa shape index (κ1) is 4.94. The Balaban J connectivity index is 3.12. The van der Waals surface area contributed by atoms with E-state index in [1.54, 1.807) is 11.4 Å². The highest BCUT2D eigenvalue weighted by atomic mass is 35.5. The van der Waals surface area contributed by atoms with Crippen LogP contribution in [0.5, 0.6) is 5.06 Å². The molecule has 1 heterocycles. The van der Waals surface area contributed by atoms with E-state index in [1.165, 1.54) is 0 Å². The van der Waals surface area contributed by atoms with Gasteiger partial charge >= 0.3 is 0 Å². The van der Waals surface area contributed by atoms with Gasteiger partial charge in [0.05, 0.1) is 5.02 Å². The average Bonchev–Trinajstić information content (AvgIpc) is 1.91. The van der Waals surface area contributed by atoms with Crippen LogP contribution >= 0.6 is 22.9 Å². The minimum Gasteiger partial charge on any atom is -0.276 e. The van der Waals surface area contributed by atoms with Crippen LogP contribution in [0.15, 0.2) is 11.4 Å². The Morgan fingerprint density at radius 1 is 1.71 bits per heavy atom. The largest absolute Gasteiger partial charge is 0.276 e. The molecule has 0 spiro atoms. The van der Waals surface area contributed by atoms with E-state index in [9.17, 15) is 5.11 Å². The van der Waals surface area contributed by atoms with Crippen LogP contribution in [0, 0.1) is 0 Å². The Bertz CT molecular complexity index is 144. The van der Waals surface area contributed by atoms with Gasteiger partial charge in [0.1, 0.15) is 0 Å². The number of halogens is 1. The topological polar surface area (TPSA) is 19.9 Å². The molecule has 0 saturated heterocycles. The van der Waals surface area contributed by atoms with Gasteiger partial charge in [0.25, 0.3) is 5.06 Å². The summed E-state index contributed by atoms with van der Waals surface area (Å²) < 4.78 is 0. The maximum atomic E-state index is 10.3. The molecule has 0 aromatic carbocycles. The predicted octanol–water partition coefficient (Wildman–Crippen LogP) is 2.55. The van der Waals surface area contributed by atoms with Crippen LogP contribution in [0.25, 0.3) is 0 Å². The standard InChI is InChI=1S/C4H2ClOS/c5-3-1-2-7-4(3)6/h1-2H. The van der Waals surface area contributed by atoms with Gasteiger partial charge in [-0.05, 0) is 11.4 Å². The second-order valence-electron chi connectivity index (χ2n) is 1.06. The van der Waals surface area contributed by atoms with Crippen LogP contribution in [-0.2, 0) is 5.11 Å². The summed E-state index contributed by atoms with van der Waals surface area (Å²) in [5, 5.41) is 12.2. The molecule has 0 amide bonds. The van der Waals surface area contributed by atoms with Gasteiger partial charge < -0.3 is 0 Å². The molecule has 0 saturated carbocycles. The van der Waals surface area contributed by atoms with Gasteiger partial charge in [0.2, 0.25) is 0 Å². The van der Waals surface area contributed by atoms with E-state index in [-0.39, 0.29) is 5.06 Å². The van der Waals surface area contributed by atoms with Crippen molar-refractivity contribution < 1.29 is 5.11 Å². The fourth-order valence-corrected chi connectivity index (χ4v) is 1.06. The molecule has 0 unspecified atom stereocenters. The number of hydrogen-bond donors (Lipinski definition) is 0. The van der Waals surface area contributed by atoms with Crippen LogP contribution in [0.2, 0.25) is 5.02 Å². The molecule has 1 aromatic heterocycles. The van der Waals surface area contributed by atoms with Crippen LogP contribution < -0.4 is 0 Å². The zero-order valence-corrected chi connectivity index (χ0v) is 4.92. The molecule has 0 aliphatic heterocycles. The Labute approximate surface area is 50.2 Å². The van der Waals surface area contributed by atoms with Gasteiger partial charge in [0, 0.05) is 0 Å². The molecule has 0 aliphatic rings. The summed E-state index contributed by atoms with van der Waals surface area (Å²) in [4.78, 5) is 0. The van der Waals surface area contributed by atoms with E-state index in [4.69, 9.17) is 11.6 Å². The van der Waals surface area contributed by atoms with Gasteiger partial charge in [0.15, 0.2) is 0 Å². The minimum atomic E-state index is -0.0540. The summed E-state index contributed by atoms with van der Waals surface area (Å²) in [6.45, 7) is 0. The lowest BCUT2D eigenvalue weighted by atomic mass is 10.6. The Kier molecular flexibility index (Phi) is 1.21. The fraction of sp³-hybridized carbons (Fsp3) is 0. The summed E-state index contributed by atoms with van der Waals surface area (Å²) in [5.41, 5.74) is 0. The lowest BCUT2D eigenvalue weighted by Crippen LogP contribution is -1.43. The molecule has 1 radical (unpaired) electrons. The molecular weight excluding hydrogens is 132 g/mol. The van der Waals surface area contributed by atoms with Crippen LogP contribution in [0.1, 0.15) is 0 Å². The Morgan fingerprint density at radius 2 is 2.43 bits per heavy atom. The smallest absolute Gasteiger partial charge is 0.250 e. The molecule has 0 N–H and O–H groups in total. The van der Waals surface area contributed by atoms with Crippen molar-refractivity contribution in [3.8, 4) is 5.06 Å². The van der Waals surface area contributed by atoms with E-state index in [2.05, 4.69) is 0 Å². The monoisotopic (exact) mass is 133 g/mol. The lowest BCUT2D eigenvalue weighted by Gasteiger charge is -1.70. The van der Waals surface area contributed by atoms with Crippen LogP contribution in [0.3, 0.4) is 0 Å². The highest BCUT2D eigenvalue weighted by Crippen LogP contribution is 2.28. The van der Waals surface area contributed by atoms with Gasteiger partial charge in [-0.1, -0.05) is 11.6 Å². The Morgan fingerprint density at radius 3 is 2.57 bits per heavy atom. The van der Waals surface area contributed by atoms with Crippen molar-refractivity contribution in [2.45, 2.75) is 0 Å². The molecule has 3 heteroatoms. The highest BCUT2D eigenvalue weighted by molar-refractivity contribution is 7.12. The molecule has 1 aromatic rings. The summed E-state index contributed by atoms with van der Waals surface area (Å²) in [6, 6.07) is 1.59. The predicted molar refractivity (Wildman–Crippen MR) is 29.5 cm³/mol. The molecule has 0 bridgehead atoms. The second kappa shape index (κ2) is 1.72. The molecule has 0 fully saturated rings. The summed E-state index contributed by atoms with van der Waals surface area (Å²) in [7, 11) is 0. The van der Waals surface area contributed by atoms with E-state index in [1.807, 2.05) is 0 Å². The van der Waals surface area contributed by atoms with Crippen molar-refractivity contribution >= 4 is 22.9 Å². The highest BCUT2D eigenvalue weighted by Gasteiger charge is 1.96. The van der Waals surface area contributed by atoms with Crippen molar-refractivity contribution in [2.75, 3.05) is 0 Å². The summed E-state index contributed by atoms with van der Waals surface area (Å²) in [5.74, 6) is 0. The zero-order chi connectivity index (χ0) is 5.28. The van der Waals surface area contributed by atoms with Crippen molar-refractivity contribution in [1.29, 1.82) is 0 Å². The normalized spacial score (nSPS) is 9.29. The van der Waals surface area contributed by atoms with Crippen molar-refractivity contribution in [1.82, 2.24) is 0 Å². The van der Waals surface area contributed by atoms with E-state index >= 15 is 0 Å². The maximum absolute atomic E-state index is 10.3. The first-order valence-electron chi connectivity index (χ1n) is 1.70. The van der Waals surface area contributed by atoms with E-state index in [0.29, 0.717) is 5.02 Å².